The molecule has 0 aliphatic heterocycles. The molecule has 2 aliphatic carbocycles. The highest BCUT2D eigenvalue weighted by Crippen LogP contribution is 2.27. The van der Waals surface area contributed by atoms with Crippen molar-refractivity contribution in [1.82, 2.24) is 0 Å². The molecule has 0 amide bonds. The Morgan fingerprint density at radius 3 is 3.00 bits per heavy atom. The van der Waals surface area contributed by atoms with E-state index < -0.39 is 0 Å². The van der Waals surface area contributed by atoms with Gasteiger partial charge in [0, 0.05) is 5.92 Å². The van der Waals surface area contributed by atoms with Gasteiger partial charge in [0.15, 0.2) is 0 Å². The SMILES string of the molecule is [C]1CCC/C=C\C2C=CC=CC12. The molecule has 0 aromatic heterocycles. The molecule has 0 saturated carbocycles. The van der Waals surface area contributed by atoms with Crippen LogP contribution in [-0.2, 0) is 0 Å². The Kier molecular flexibility index (Phi) is 2.45. The molecular weight excluding hydrogens is 144 g/mol. The van der Waals surface area contributed by atoms with Crippen molar-refractivity contribution in [3.05, 3.63) is 42.9 Å². The summed E-state index contributed by atoms with van der Waals surface area (Å²) in [5.41, 5.74) is 0. The molecule has 0 aromatic carbocycles. The fraction of sp³-hybridized carbons (Fsp3) is 0.417. The molecule has 0 heterocycles. The van der Waals surface area contributed by atoms with Gasteiger partial charge in [-0.1, -0.05) is 36.5 Å². The molecule has 2 atom stereocenters. The molecule has 2 aliphatic rings. The maximum absolute atomic E-state index is 3.53. The minimum absolute atomic E-state index is 0.534. The predicted octanol–water partition coefficient (Wildman–Crippen LogP) is 3.17. The highest BCUT2D eigenvalue weighted by atomic mass is 14.2. The summed E-state index contributed by atoms with van der Waals surface area (Å²) in [6.07, 6.45) is 20.6. The molecule has 0 spiro atoms. The summed E-state index contributed by atoms with van der Waals surface area (Å²) in [4.78, 5) is 0. The van der Waals surface area contributed by atoms with E-state index in [0.29, 0.717) is 11.8 Å². The van der Waals surface area contributed by atoms with Crippen molar-refractivity contribution in [2.75, 3.05) is 0 Å². The molecule has 0 saturated heterocycles. The number of hydrogen-bond acceptors (Lipinski definition) is 0. The van der Waals surface area contributed by atoms with Crippen LogP contribution in [0, 0.1) is 18.3 Å². The fourth-order valence-electron chi connectivity index (χ4n) is 1.75. The highest BCUT2D eigenvalue weighted by molar-refractivity contribution is 5.21. The van der Waals surface area contributed by atoms with Crippen LogP contribution in [0.25, 0.3) is 0 Å². The average molecular weight is 158 g/mol. The highest BCUT2D eigenvalue weighted by Gasteiger charge is 2.16. The summed E-state index contributed by atoms with van der Waals surface area (Å²) in [6, 6.07) is 0. The second-order valence-electron chi connectivity index (χ2n) is 3.40. The zero-order valence-corrected chi connectivity index (χ0v) is 7.24. The third-order valence-corrected chi connectivity index (χ3v) is 2.46. The van der Waals surface area contributed by atoms with Gasteiger partial charge in [0.25, 0.3) is 0 Å². The zero-order chi connectivity index (χ0) is 8.23. The Morgan fingerprint density at radius 2 is 2.00 bits per heavy atom. The van der Waals surface area contributed by atoms with Gasteiger partial charge in [-0.3, -0.25) is 0 Å². The van der Waals surface area contributed by atoms with E-state index in [1.54, 1.807) is 0 Å². The van der Waals surface area contributed by atoms with E-state index in [4.69, 9.17) is 0 Å². The molecule has 12 heavy (non-hydrogen) atoms. The van der Waals surface area contributed by atoms with Gasteiger partial charge in [-0.2, -0.15) is 0 Å². The lowest BCUT2D eigenvalue weighted by molar-refractivity contribution is 0.574. The van der Waals surface area contributed by atoms with Gasteiger partial charge in [-0.15, -0.1) is 0 Å². The molecule has 0 aromatic rings. The Bertz CT molecular complexity index is 220. The summed E-state index contributed by atoms with van der Waals surface area (Å²) in [7, 11) is 0. The zero-order valence-electron chi connectivity index (χ0n) is 7.24. The first kappa shape index (κ1) is 7.85. The van der Waals surface area contributed by atoms with Gasteiger partial charge in [-0.05, 0) is 31.6 Å². The number of hydrogen-bond donors (Lipinski definition) is 0. The molecule has 0 bridgehead atoms. The molecule has 2 unspecified atom stereocenters. The number of rotatable bonds is 0. The second kappa shape index (κ2) is 3.75. The van der Waals surface area contributed by atoms with Gasteiger partial charge in [0.2, 0.25) is 0 Å². The second-order valence-corrected chi connectivity index (χ2v) is 3.40. The van der Waals surface area contributed by atoms with Crippen LogP contribution < -0.4 is 0 Å². The van der Waals surface area contributed by atoms with Crippen molar-refractivity contribution in [3.63, 3.8) is 0 Å². The Morgan fingerprint density at radius 1 is 1.08 bits per heavy atom. The first-order valence-electron chi connectivity index (χ1n) is 4.72. The molecule has 2 radical (unpaired) electrons. The first-order chi connectivity index (χ1) is 5.97. The van der Waals surface area contributed by atoms with Crippen LogP contribution in [0.15, 0.2) is 36.5 Å². The third-order valence-electron chi connectivity index (χ3n) is 2.46. The maximum Gasteiger partial charge on any atom is 0.00184 e. The standard InChI is InChI=1S/C12H14/c1-2-4-8-12-10-6-5-9-11(12)7-3-1/h3,5-7,9-12H,1-2,4H2/b7-3-. The topological polar surface area (TPSA) is 0 Å². The normalized spacial score (nSPS) is 36.7. The van der Waals surface area contributed by atoms with Crippen molar-refractivity contribution in [3.8, 4) is 0 Å². The van der Waals surface area contributed by atoms with Crippen LogP contribution in [-0.4, -0.2) is 0 Å². The fourth-order valence-corrected chi connectivity index (χ4v) is 1.75. The van der Waals surface area contributed by atoms with Crippen molar-refractivity contribution >= 4 is 0 Å². The minimum Gasteiger partial charge on any atom is -0.0879 e. The first-order valence-corrected chi connectivity index (χ1v) is 4.72. The predicted molar refractivity (Wildman–Crippen MR) is 51.5 cm³/mol. The summed E-state index contributed by atoms with van der Waals surface area (Å²) >= 11 is 0. The number of fused-ring (bicyclic) bond motifs is 1. The van der Waals surface area contributed by atoms with Crippen molar-refractivity contribution in [1.29, 1.82) is 0 Å². The van der Waals surface area contributed by atoms with Crippen LogP contribution in [0.2, 0.25) is 0 Å². The lowest BCUT2D eigenvalue weighted by Crippen LogP contribution is -2.12. The molecule has 0 heteroatoms. The van der Waals surface area contributed by atoms with E-state index in [1.165, 1.54) is 12.8 Å². The Balaban J connectivity index is 2.12. The van der Waals surface area contributed by atoms with Crippen LogP contribution >= 0.6 is 0 Å². The molecule has 0 nitrogen and oxygen atoms in total. The van der Waals surface area contributed by atoms with Crippen LogP contribution in [0.1, 0.15) is 19.3 Å². The van der Waals surface area contributed by atoms with E-state index in [2.05, 4.69) is 42.9 Å². The van der Waals surface area contributed by atoms with E-state index in [1.807, 2.05) is 0 Å². The van der Waals surface area contributed by atoms with Crippen LogP contribution in [0.5, 0.6) is 0 Å². The molecule has 2 rings (SSSR count). The maximum atomic E-state index is 3.53. The van der Waals surface area contributed by atoms with Crippen molar-refractivity contribution < 1.29 is 0 Å². The Labute approximate surface area is 74.7 Å². The number of allylic oxidation sites excluding steroid dienone is 6. The molecular formula is C12H14. The van der Waals surface area contributed by atoms with Crippen molar-refractivity contribution in [2.24, 2.45) is 11.8 Å². The summed E-state index contributed by atoms with van der Waals surface area (Å²) < 4.78 is 0. The molecule has 0 N–H and O–H groups in total. The van der Waals surface area contributed by atoms with Gasteiger partial charge in [0.05, 0.1) is 0 Å². The van der Waals surface area contributed by atoms with Gasteiger partial charge in [0.1, 0.15) is 0 Å². The summed E-state index contributed by atoms with van der Waals surface area (Å²) in [5.74, 6) is 1.11. The average Bonchev–Trinajstić information content (AvgIpc) is 2.06. The van der Waals surface area contributed by atoms with E-state index >= 15 is 0 Å². The summed E-state index contributed by atoms with van der Waals surface area (Å²) in [6.45, 7) is 0. The lowest BCUT2D eigenvalue weighted by atomic mass is 9.83. The quantitative estimate of drug-likeness (QED) is 0.475. The van der Waals surface area contributed by atoms with E-state index in [9.17, 15) is 0 Å². The van der Waals surface area contributed by atoms with Crippen LogP contribution in [0.4, 0.5) is 0 Å². The third kappa shape index (κ3) is 1.69. The lowest BCUT2D eigenvalue weighted by Gasteiger charge is -2.22. The molecule has 0 fully saturated rings. The summed E-state index contributed by atoms with van der Waals surface area (Å²) in [5, 5.41) is 0. The monoisotopic (exact) mass is 158 g/mol. The van der Waals surface area contributed by atoms with E-state index in [0.717, 1.165) is 6.42 Å². The minimum atomic E-state index is 0.534. The Hall–Kier alpha value is -0.780. The van der Waals surface area contributed by atoms with Gasteiger partial charge < -0.3 is 0 Å². The van der Waals surface area contributed by atoms with Gasteiger partial charge >= 0.3 is 0 Å². The molecule has 62 valence electrons. The van der Waals surface area contributed by atoms with Crippen molar-refractivity contribution in [2.45, 2.75) is 19.3 Å². The van der Waals surface area contributed by atoms with E-state index in [-0.39, 0.29) is 0 Å². The van der Waals surface area contributed by atoms with Gasteiger partial charge in [-0.25, -0.2) is 0 Å². The van der Waals surface area contributed by atoms with Crippen LogP contribution in [0.3, 0.4) is 0 Å². The smallest absolute Gasteiger partial charge is 0.00184 e. The largest absolute Gasteiger partial charge is 0.0879 e.